The molecule has 0 spiro atoms. The zero-order valence-corrected chi connectivity index (χ0v) is 13.4. The summed E-state index contributed by atoms with van der Waals surface area (Å²) in [5.41, 5.74) is 3.07. The predicted molar refractivity (Wildman–Crippen MR) is 80.0 cm³/mol. The third-order valence-corrected chi connectivity index (χ3v) is 4.23. The Labute approximate surface area is 121 Å². The summed E-state index contributed by atoms with van der Waals surface area (Å²) in [5, 5.41) is 7.67. The maximum Gasteiger partial charge on any atom is 0.162 e. The van der Waals surface area contributed by atoms with Gasteiger partial charge in [-0.3, -0.25) is 0 Å². The third kappa shape index (κ3) is 2.36. The van der Waals surface area contributed by atoms with Gasteiger partial charge in [0.25, 0.3) is 0 Å². The van der Waals surface area contributed by atoms with E-state index in [4.69, 9.17) is 0 Å². The van der Waals surface area contributed by atoms with Crippen molar-refractivity contribution in [1.29, 1.82) is 0 Å². The average molecular weight is 324 g/mol. The first kappa shape index (κ1) is 14.0. The van der Waals surface area contributed by atoms with Gasteiger partial charge in [-0.2, -0.15) is 5.10 Å². The van der Waals surface area contributed by atoms with E-state index in [0.717, 1.165) is 33.1 Å². The lowest BCUT2D eigenvalue weighted by molar-refractivity contribution is 0.754. The van der Waals surface area contributed by atoms with Crippen molar-refractivity contribution in [2.24, 2.45) is 0 Å². The van der Waals surface area contributed by atoms with Crippen LogP contribution in [0.25, 0.3) is 5.82 Å². The molecule has 2 rings (SSSR count). The van der Waals surface area contributed by atoms with Crippen LogP contribution >= 0.6 is 15.9 Å². The molecule has 0 aliphatic rings. The summed E-state index contributed by atoms with van der Waals surface area (Å²) in [5.74, 6) is 1.99. The number of hydrogen-bond acceptors (Lipinski definition) is 4. The van der Waals surface area contributed by atoms with Crippen LogP contribution in [0.4, 0.5) is 5.82 Å². The van der Waals surface area contributed by atoms with Crippen molar-refractivity contribution in [1.82, 2.24) is 19.7 Å². The van der Waals surface area contributed by atoms with E-state index in [1.54, 1.807) is 6.33 Å². The molecule has 0 bridgehead atoms. The van der Waals surface area contributed by atoms with E-state index in [1.165, 1.54) is 0 Å². The Morgan fingerprint density at radius 1 is 1.26 bits per heavy atom. The summed E-state index contributed by atoms with van der Waals surface area (Å²) in [6.45, 7) is 8.26. The van der Waals surface area contributed by atoms with Crippen molar-refractivity contribution >= 4 is 21.7 Å². The molecule has 1 N–H and O–H groups in total. The average Bonchev–Trinajstić information content (AvgIpc) is 2.65. The highest BCUT2D eigenvalue weighted by Crippen LogP contribution is 2.29. The Balaban J connectivity index is 2.71. The van der Waals surface area contributed by atoms with Crippen LogP contribution < -0.4 is 5.32 Å². The fourth-order valence-electron chi connectivity index (χ4n) is 2.12. The molecule has 19 heavy (non-hydrogen) atoms. The first-order chi connectivity index (χ1) is 8.97. The van der Waals surface area contributed by atoms with Gasteiger partial charge in [-0.15, -0.1) is 0 Å². The number of nitrogens with zero attached hydrogens (tertiary/aromatic N) is 4. The summed E-state index contributed by atoms with van der Waals surface area (Å²) in [6, 6.07) is 0. The van der Waals surface area contributed by atoms with E-state index >= 15 is 0 Å². The minimum Gasteiger partial charge on any atom is -0.373 e. The Hall–Kier alpha value is -1.43. The molecule has 2 heterocycles. The maximum atomic E-state index is 4.55. The summed E-state index contributed by atoms with van der Waals surface area (Å²) in [4.78, 5) is 8.71. The molecule has 0 aromatic carbocycles. The fraction of sp³-hybridized carbons (Fsp3) is 0.462. The van der Waals surface area contributed by atoms with E-state index in [9.17, 15) is 0 Å². The molecule has 2 aromatic heterocycles. The van der Waals surface area contributed by atoms with Crippen LogP contribution in [-0.2, 0) is 0 Å². The van der Waals surface area contributed by atoms with Crippen LogP contribution in [-0.4, -0.2) is 26.8 Å². The second kappa shape index (κ2) is 5.28. The lowest BCUT2D eigenvalue weighted by atomic mass is 10.0. The van der Waals surface area contributed by atoms with Crippen molar-refractivity contribution < 1.29 is 0 Å². The van der Waals surface area contributed by atoms with Crippen LogP contribution in [0.2, 0.25) is 0 Å². The minimum atomic E-state index is 0.307. The minimum absolute atomic E-state index is 0.307. The van der Waals surface area contributed by atoms with E-state index in [2.05, 4.69) is 50.2 Å². The number of hydrogen-bond donors (Lipinski definition) is 1. The lowest BCUT2D eigenvalue weighted by Gasteiger charge is -2.16. The zero-order valence-electron chi connectivity index (χ0n) is 11.8. The van der Waals surface area contributed by atoms with Gasteiger partial charge in [-0.05, 0) is 35.7 Å². The summed E-state index contributed by atoms with van der Waals surface area (Å²) in [7, 11) is 1.87. The molecule has 0 saturated carbocycles. The van der Waals surface area contributed by atoms with Gasteiger partial charge in [0.05, 0.1) is 15.9 Å². The molecule has 102 valence electrons. The molecule has 2 aromatic rings. The highest BCUT2D eigenvalue weighted by Gasteiger charge is 2.19. The summed E-state index contributed by atoms with van der Waals surface area (Å²) >= 11 is 3.55. The van der Waals surface area contributed by atoms with Crippen LogP contribution in [0.15, 0.2) is 10.8 Å². The number of aryl methyl sites for hydroxylation is 1. The molecule has 0 radical (unpaired) electrons. The Morgan fingerprint density at radius 2 is 1.95 bits per heavy atom. The molecule has 0 unspecified atom stereocenters. The summed E-state index contributed by atoms with van der Waals surface area (Å²) < 4.78 is 2.89. The van der Waals surface area contributed by atoms with Gasteiger partial charge < -0.3 is 5.32 Å². The molecule has 0 atom stereocenters. The predicted octanol–water partition coefficient (Wildman–Crippen LogP) is 3.21. The molecule has 0 fully saturated rings. The van der Waals surface area contributed by atoms with Gasteiger partial charge >= 0.3 is 0 Å². The largest absolute Gasteiger partial charge is 0.373 e. The van der Waals surface area contributed by atoms with Crippen LogP contribution in [0.5, 0.6) is 0 Å². The maximum absolute atomic E-state index is 4.55. The van der Waals surface area contributed by atoms with Crippen molar-refractivity contribution in [3.8, 4) is 5.82 Å². The molecule has 5 nitrogen and oxygen atoms in total. The van der Waals surface area contributed by atoms with Crippen molar-refractivity contribution in [3.05, 3.63) is 27.8 Å². The standard InChI is InChI=1S/C13H18BrN5/c1-7(2)10-12(15-5)16-6-17-13(10)19-9(4)11(14)8(3)18-19/h6-7H,1-5H3,(H,15,16,17). The summed E-state index contributed by atoms with van der Waals surface area (Å²) in [6.07, 6.45) is 1.57. The van der Waals surface area contributed by atoms with Gasteiger partial charge in [0.1, 0.15) is 12.1 Å². The number of nitrogens with one attached hydrogen (secondary N) is 1. The molecule has 0 saturated heterocycles. The third-order valence-electron chi connectivity index (χ3n) is 3.08. The molecular formula is C13H18BrN5. The SMILES string of the molecule is CNc1ncnc(-n2nc(C)c(Br)c2C)c1C(C)C. The topological polar surface area (TPSA) is 55.6 Å². The normalized spacial score (nSPS) is 11.1. The second-order valence-corrected chi connectivity index (χ2v) is 5.55. The monoisotopic (exact) mass is 323 g/mol. The van der Waals surface area contributed by atoms with E-state index in [0.29, 0.717) is 5.92 Å². The van der Waals surface area contributed by atoms with Gasteiger partial charge in [0.15, 0.2) is 5.82 Å². The van der Waals surface area contributed by atoms with Crippen LogP contribution in [0, 0.1) is 13.8 Å². The van der Waals surface area contributed by atoms with Crippen molar-refractivity contribution in [2.75, 3.05) is 12.4 Å². The van der Waals surface area contributed by atoms with Crippen LogP contribution in [0.3, 0.4) is 0 Å². The van der Waals surface area contributed by atoms with E-state index < -0.39 is 0 Å². The Kier molecular flexibility index (Phi) is 3.89. The first-order valence-electron chi connectivity index (χ1n) is 6.22. The smallest absolute Gasteiger partial charge is 0.162 e. The lowest BCUT2D eigenvalue weighted by Crippen LogP contribution is -2.11. The molecule has 0 amide bonds. The van der Waals surface area contributed by atoms with Crippen molar-refractivity contribution in [2.45, 2.75) is 33.6 Å². The van der Waals surface area contributed by atoms with Gasteiger partial charge in [-0.25, -0.2) is 14.6 Å². The van der Waals surface area contributed by atoms with Gasteiger partial charge in [-0.1, -0.05) is 13.8 Å². The first-order valence-corrected chi connectivity index (χ1v) is 7.01. The number of halogens is 1. The Morgan fingerprint density at radius 3 is 2.42 bits per heavy atom. The molecule has 6 heteroatoms. The fourth-order valence-corrected chi connectivity index (χ4v) is 2.36. The Bertz CT molecular complexity index is 603. The molecule has 0 aliphatic heterocycles. The second-order valence-electron chi connectivity index (χ2n) is 4.76. The van der Waals surface area contributed by atoms with E-state index in [1.807, 2.05) is 25.6 Å². The van der Waals surface area contributed by atoms with Gasteiger partial charge in [0, 0.05) is 12.6 Å². The quantitative estimate of drug-likeness (QED) is 0.942. The van der Waals surface area contributed by atoms with Gasteiger partial charge in [0.2, 0.25) is 0 Å². The molecule has 0 aliphatic carbocycles. The number of rotatable bonds is 3. The van der Waals surface area contributed by atoms with Crippen molar-refractivity contribution in [3.63, 3.8) is 0 Å². The highest BCUT2D eigenvalue weighted by molar-refractivity contribution is 9.10. The van der Waals surface area contributed by atoms with Crippen LogP contribution in [0.1, 0.15) is 36.7 Å². The van der Waals surface area contributed by atoms with E-state index in [-0.39, 0.29) is 0 Å². The zero-order chi connectivity index (χ0) is 14.2. The number of aromatic nitrogens is 4. The number of anilines is 1. The highest BCUT2D eigenvalue weighted by atomic mass is 79.9. The molecular weight excluding hydrogens is 306 g/mol.